The van der Waals surface area contributed by atoms with Crippen LogP contribution in [0.5, 0.6) is 11.5 Å². The van der Waals surface area contributed by atoms with Gasteiger partial charge in [-0.25, -0.2) is 17.9 Å². The second-order valence-corrected chi connectivity index (χ2v) is 8.65. The number of sulfonamides is 1. The predicted molar refractivity (Wildman–Crippen MR) is 109 cm³/mol. The Labute approximate surface area is 175 Å². The van der Waals surface area contributed by atoms with E-state index >= 15 is 0 Å². The first-order chi connectivity index (χ1) is 14.2. The van der Waals surface area contributed by atoms with Crippen LogP contribution in [0.3, 0.4) is 0 Å². The smallest absolute Gasteiger partial charge is 0.338 e. The topological polar surface area (TPSA) is 108 Å². The van der Waals surface area contributed by atoms with Crippen LogP contribution in [0.15, 0.2) is 41.3 Å². The zero-order valence-corrected chi connectivity index (χ0v) is 17.7. The molecule has 0 bridgehead atoms. The maximum atomic E-state index is 12.5. The first kappa shape index (κ1) is 21.8. The van der Waals surface area contributed by atoms with Gasteiger partial charge in [-0.05, 0) is 55.7 Å². The SMILES string of the molecule is COc1ccc(OC)c(C(=O)COC(=O)c2cc(S(=O)(=O)NC3CC3)ccc2C)c1. The molecule has 1 aliphatic rings. The van der Waals surface area contributed by atoms with Gasteiger partial charge < -0.3 is 14.2 Å². The third-order valence-corrected chi connectivity index (χ3v) is 6.20. The molecule has 0 aromatic heterocycles. The normalized spacial score (nSPS) is 13.6. The number of aryl methyl sites for hydroxylation is 1. The van der Waals surface area contributed by atoms with E-state index in [1.54, 1.807) is 19.1 Å². The van der Waals surface area contributed by atoms with Crippen molar-refractivity contribution in [2.24, 2.45) is 0 Å². The summed E-state index contributed by atoms with van der Waals surface area (Å²) in [5.74, 6) is -0.475. The van der Waals surface area contributed by atoms with Crippen molar-refractivity contribution >= 4 is 21.8 Å². The number of carbonyl (C=O) groups excluding carboxylic acids is 2. The minimum absolute atomic E-state index is 0.0206. The lowest BCUT2D eigenvalue weighted by Crippen LogP contribution is -2.26. The highest BCUT2D eigenvalue weighted by atomic mass is 32.2. The third kappa shape index (κ3) is 4.98. The monoisotopic (exact) mass is 433 g/mol. The van der Waals surface area contributed by atoms with Gasteiger partial charge in [0.05, 0.1) is 30.2 Å². The number of nitrogens with one attached hydrogen (secondary N) is 1. The van der Waals surface area contributed by atoms with E-state index in [0.717, 1.165) is 12.8 Å². The van der Waals surface area contributed by atoms with Crippen molar-refractivity contribution in [3.63, 3.8) is 0 Å². The molecule has 3 rings (SSSR count). The molecule has 2 aromatic carbocycles. The Kier molecular flexibility index (Phi) is 6.42. The molecule has 0 atom stereocenters. The van der Waals surface area contributed by atoms with Crippen LogP contribution in [0, 0.1) is 6.92 Å². The molecule has 0 saturated heterocycles. The van der Waals surface area contributed by atoms with Crippen LogP contribution in [-0.4, -0.2) is 47.0 Å². The molecule has 0 radical (unpaired) electrons. The summed E-state index contributed by atoms with van der Waals surface area (Å²) in [4.78, 5) is 25.1. The summed E-state index contributed by atoms with van der Waals surface area (Å²) < 4.78 is 42.8. The summed E-state index contributed by atoms with van der Waals surface area (Å²) in [6, 6.07) is 8.90. The molecule has 0 spiro atoms. The highest BCUT2D eigenvalue weighted by Crippen LogP contribution is 2.25. The van der Waals surface area contributed by atoms with E-state index in [1.165, 1.54) is 38.5 Å². The Balaban J connectivity index is 1.75. The molecule has 1 aliphatic carbocycles. The Morgan fingerprint density at radius 2 is 1.77 bits per heavy atom. The number of ketones is 1. The van der Waals surface area contributed by atoms with Gasteiger partial charge in [0, 0.05) is 6.04 Å². The molecule has 9 heteroatoms. The van der Waals surface area contributed by atoms with Gasteiger partial charge in [-0.3, -0.25) is 4.79 Å². The highest BCUT2D eigenvalue weighted by Gasteiger charge is 2.28. The molecule has 1 N–H and O–H groups in total. The number of methoxy groups -OCH3 is 2. The molecule has 0 unspecified atom stereocenters. The number of rotatable bonds is 9. The summed E-state index contributed by atoms with van der Waals surface area (Å²) in [7, 11) is -0.820. The molecule has 2 aromatic rings. The van der Waals surface area contributed by atoms with Crippen LogP contribution >= 0.6 is 0 Å². The number of carbonyl (C=O) groups is 2. The average Bonchev–Trinajstić information content (AvgIpc) is 3.54. The van der Waals surface area contributed by atoms with Crippen molar-refractivity contribution in [3.8, 4) is 11.5 Å². The van der Waals surface area contributed by atoms with Gasteiger partial charge in [-0.15, -0.1) is 0 Å². The van der Waals surface area contributed by atoms with Crippen molar-refractivity contribution in [2.45, 2.75) is 30.7 Å². The fourth-order valence-electron chi connectivity index (χ4n) is 2.80. The van der Waals surface area contributed by atoms with Gasteiger partial charge in [0.2, 0.25) is 15.8 Å². The summed E-state index contributed by atoms with van der Waals surface area (Å²) in [6.45, 7) is 1.13. The number of ether oxygens (including phenoxy) is 3. The Bertz CT molecular complexity index is 1070. The van der Waals surface area contributed by atoms with Crippen molar-refractivity contribution in [3.05, 3.63) is 53.1 Å². The summed E-state index contributed by atoms with van der Waals surface area (Å²) in [5.41, 5.74) is 0.835. The van der Waals surface area contributed by atoms with E-state index in [-0.39, 0.29) is 22.1 Å². The summed E-state index contributed by atoms with van der Waals surface area (Å²) >= 11 is 0. The lowest BCUT2D eigenvalue weighted by atomic mass is 10.1. The van der Waals surface area contributed by atoms with Gasteiger partial charge >= 0.3 is 5.97 Å². The molecule has 0 amide bonds. The van der Waals surface area contributed by atoms with E-state index in [0.29, 0.717) is 17.1 Å². The molecule has 1 fully saturated rings. The molecular formula is C21H23NO7S. The molecular weight excluding hydrogens is 410 g/mol. The quantitative estimate of drug-likeness (QED) is 0.478. The van der Waals surface area contributed by atoms with Crippen molar-refractivity contribution in [2.75, 3.05) is 20.8 Å². The van der Waals surface area contributed by atoms with Crippen LogP contribution in [0.1, 0.15) is 39.1 Å². The van der Waals surface area contributed by atoms with E-state index in [4.69, 9.17) is 14.2 Å². The first-order valence-electron chi connectivity index (χ1n) is 9.30. The summed E-state index contributed by atoms with van der Waals surface area (Å²) in [5, 5.41) is 0. The molecule has 30 heavy (non-hydrogen) atoms. The Morgan fingerprint density at radius 1 is 1.03 bits per heavy atom. The molecule has 0 heterocycles. The van der Waals surface area contributed by atoms with Crippen molar-refractivity contribution < 1.29 is 32.2 Å². The molecule has 160 valence electrons. The first-order valence-corrected chi connectivity index (χ1v) is 10.8. The predicted octanol–water partition coefficient (Wildman–Crippen LogP) is 2.49. The molecule has 1 saturated carbocycles. The van der Waals surface area contributed by atoms with Gasteiger partial charge in [0.1, 0.15) is 11.5 Å². The minimum atomic E-state index is -3.72. The van der Waals surface area contributed by atoms with E-state index in [1.807, 2.05) is 0 Å². The van der Waals surface area contributed by atoms with Crippen LogP contribution < -0.4 is 14.2 Å². The average molecular weight is 433 g/mol. The van der Waals surface area contributed by atoms with E-state index < -0.39 is 28.4 Å². The lowest BCUT2D eigenvalue weighted by molar-refractivity contribution is 0.0473. The van der Waals surface area contributed by atoms with Crippen LogP contribution in [0.4, 0.5) is 0 Å². The number of hydrogen-bond acceptors (Lipinski definition) is 7. The fourth-order valence-corrected chi connectivity index (χ4v) is 4.13. The Morgan fingerprint density at radius 3 is 2.40 bits per heavy atom. The zero-order valence-electron chi connectivity index (χ0n) is 16.9. The second-order valence-electron chi connectivity index (χ2n) is 6.94. The number of hydrogen-bond donors (Lipinski definition) is 1. The van der Waals surface area contributed by atoms with Gasteiger partial charge in [0.15, 0.2) is 6.61 Å². The lowest BCUT2D eigenvalue weighted by Gasteiger charge is -2.12. The van der Waals surface area contributed by atoms with Crippen molar-refractivity contribution in [1.82, 2.24) is 4.72 Å². The fraction of sp³-hybridized carbons (Fsp3) is 0.333. The third-order valence-electron chi connectivity index (χ3n) is 4.68. The minimum Gasteiger partial charge on any atom is -0.497 e. The number of Topliss-reactive ketones (excluding diaryl/α,β-unsaturated/α-hetero) is 1. The molecule has 0 aliphatic heterocycles. The standard InChI is InChI=1S/C21H23NO7S/c1-13-4-8-16(30(25,26)22-14-5-6-14)11-17(13)21(24)29-12-19(23)18-10-15(27-2)7-9-20(18)28-3/h4,7-11,14,22H,5-6,12H2,1-3H3. The van der Waals surface area contributed by atoms with Crippen LogP contribution in [0.2, 0.25) is 0 Å². The van der Waals surface area contributed by atoms with E-state index in [9.17, 15) is 18.0 Å². The van der Waals surface area contributed by atoms with Gasteiger partial charge in [-0.2, -0.15) is 0 Å². The maximum absolute atomic E-state index is 12.5. The van der Waals surface area contributed by atoms with Crippen LogP contribution in [-0.2, 0) is 14.8 Å². The van der Waals surface area contributed by atoms with Gasteiger partial charge in [-0.1, -0.05) is 6.07 Å². The molecule has 8 nitrogen and oxygen atoms in total. The van der Waals surface area contributed by atoms with Gasteiger partial charge in [0.25, 0.3) is 0 Å². The summed E-state index contributed by atoms with van der Waals surface area (Å²) in [6.07, 6.45) is 1.60. The van der Waals surface area contributed by atoms with E-state index in [2.05, 4.69) is 4.72 Å². The van der Waals surface area contributed by atoms with Crippen LogP contribution in [0.25, 0.3) is 0 Å². The Hall–Kier alpha value is -2.91. The highest BCUT2D eigenvalue weighted by molar-refractivity contribution is 7.89. The second kappa shape index (κ2) is 8.85. The maximum Gasteiger partial charge on any atom is 0.338 e. The number of benzene rings is 2. The number of esters is 1. The van der Waals surface area contributed by atoms with Crippen molar-refractivity contribution in [1.29, 1.82) is 0 Å². The largest absolute Gasteiger partial charge is 0.497 e. The zero-order chi connectivity index (χ0) is 21.9.